The van der Waals surface area contributed by atoms with Gasteiger partial charge in [0.25, 0.3) is 11.5 Å². The summed E-state index contributed by atoms with van der Waals surface area (Å²) in [5, 5.41) is 9.17. The molecule has 0 saturated carbocycles. The van der Waals surface area contributed by atoms with E-state index in [1.807, 2.05) is 0 Å². The number of nitrogens with one attached hydrogen (secondary N) is 4. The maximum absolute atomic E-state index is 12.3. The SMILES string of the molecule is O=C(Nc1n[nH]c(-c2ccccn2)n1)c1cnc2[nH]c(=O)[nH]c(=O)c2c1. The Morgan fingerprint density at radius 3 is 2.81 bits per heavy atom. The summed E-state index contributed by atoms with van der Waals surface area (Å²) in [6.45, 7) is 0. The van der Waals surface area contributed by atoms with Gasteiger partial charge in [-0.05, 0) is 18.2 Å². The summed E-state index contributed by atoms with van der Waals surface area (Å²) in [4.78, 5) is 52.0. The van der Waals surface area contributed by atoms with Crippen LogP contribution in [0.3, 0.4) is 0 Å². The Labute approximate surface area is 143 Å². The summed E-state index contributed by atoms with van der Waals surface area (Å²) in [7, 11) is 0. The van der Waals surface area contributed by atoms with Crippen LogP contribution in [-0.4, -0.2) is 41.0 Å². The zero-order valence-electron chi connectivity index (χ0n) is 13.0. The number of carbonyl (C=O) groups is 1. The van der Waals surface area contributed by atoms with Crippen LogP contribution in [-0.2, 0) is 0 Å². The summed E-state index contributed by atoms with van der Waals surface area (Å²) in [5.41, 5.74) is -0.538. The van der Waals surface area contributed by atoms with Crippen molar-refractivity contribution in [1.29, 1.82) is 0 Å². The van der Waals surface area contributed by atoms with E-state index in [1.54, 1.807) is 24.4 Å². The molecule has 0 aromatic carbocycles. The van der Waals surface area contributed by atoms with Gasteiger partial charge in [0.2, 0.25) is 5.95 Å². The molecule has 0 bridgehead atoms. The topological polar surface area (TPSA) is 162 Å². The number of nitrogens with zero attached hydrogens (tertiary/aromatic N) is 4. The molecule has 0 aliphatic carbocycles. The first-order valence-corrected chi connectivity index (χ1v) is 7.38. The fraction of sp³-hybridized carbons (Fsp3) is 0. The van der Waals surface area contributed by atoms with E-state index in [-0.39, 0.29) is 22.5 Å². The molecule has 0 radical (unpaired) electrons. The molecule has 1 amide bonds. The summed E-state index contributed by atoms with van der Waals surface area (Å²) < 4.78 is 0. The third-order valence-electron chi connectivity index (χ3n) is 3.47. The van der Waals surface area contributed by atoms with E-state index < -0.39 is 17.2 Å². The molecule has 0 fully saturated rings. The first kappa shape index (κ1) is 15.4. The van der Waals surface area contributed by atoms with E-state index in [9.17, 15) is 14.4 Å². The van der Waals surface area contributed by atoms with Gasteiger partial charge in [0, 0.05) is 12.4 Å². The molecule has 0 atom stereocenters. The minimum Gasteiger partial charge on any atom is -0.291 e. The largest absolute Gasteiger partial charge is 0.327 e. The van der Waals surface area contributed by atoms with Crippen molar-refractivity contribution in [2.45, 2.75) is 0 Å². The van der Waals surface area contributed by atoms with Crippen molar-refractivity contribution in [3.8, 4) is 11.5 Å². The quantitative estimate of drug-likeness (QED) is 0.405. The standard InChI is InChI=1S/C15H10N8O3/c24-12(7-5-8-10(17-6-7)19-15(26)21-13(8)25)20-14-18-11(22-23-14)9-3-1-2-4-16-9/h1-6H,(H2,17,19,21,25,26)(H2,18,20,22,23,24). The van der Waals surface area contributed by atoms with Gasteiger partial charge in [0.05, 0.1) is 10.9 Å². The average molecular weight is 350 g/mol. The van der Waals surface area contributed by atoms with Crippen molar-refractivity contribution < 1.29 is 4.79 Å². The number of rotatable bonds is 3. The average Bonchev–Trinajstić information content (AvgIpc) is 3.10. The van der Waals surface area contributed by atoms with Crippen molar-refractivity contribution in [1.82, 2.24) is 35.1 Å². The fourth-order valence-corrected chi connectivity index (χ4v) is 2.28. The molecule has 128 valence electrons. The zero-order valence-corrected chi connectivity index (χ0v) is 13.0. The lowest BCUT2D eigenvalue weighted by atomic mass is 10.2. The molecule has 4 heterocycles. The van der Waals surface area contributed by atoms with Gasteiger partial charge < -0.3 is 0 Å². The van der Waals surface area contributed by atoms with Crippen molar-refractivity contribution in [3.63, 3.8) is 0 Å². The first-order valence-electron chi connectivity index (χ1n) is 7.38. The number of aromatic amines is 3. The lowest BCUT2D eigenvalue weighted by molar-refractivity contribution is 0.102. The van der Waals surface area contributed by atoms with Crippen LogP contribution in [0.25, 0.3) is 22.6 Å². The maximum atomic E-state index is 12.3. The fourth-order valence-electron chi connectivity index (χ4n) is 2.28. The van der Waals surface area contributed by atoms with E-state index in [2.05, 4.69) is 40.4 Å². The Morgan fingerprint density at radius 1 is 1.12 bits per heavy atom. The molecule has 0 aliphatic rings. The number of amides is 1. The molecule has 4 aromatic heterocycles. The van der Waals surface area contributed by atoms with Gasteiger partial charge >= 0.3 is 5.69 Å². The molecule has 0 aliphatic heterocycles. The lowest BCUT2D eigenvalue weighted by Crippen LogP contribution is -2.23. The monoisotopic (exact) mass is 350 g/mol. The highest BCUT2D eigenvalue weighted by Gasteiger charge is 2.13. The Kier molecular flexibility index (Phi) is 3.58. The molecular formula is C15H10N8O3. The second-order valence-electron chi connectivity index (χ2n) is 5.21. The summed E-state index contributed by atoms with van der Waals surface area (Å²) in [6.07, 6.45) is 2.85. The Bertz CT molecular complexity index is 1220. The molecule has 0 saturated heterocycles. The van der Waals surface area contributed by atoms with Crippen LogP contribution >= 0.6 is 0 Å². The van der Waals surface area contributed by atoms with Crippen LogP contribution < -0.4 is 16.6 Å². The molecular weight excluding hydrogens is 340 g/mol. The molecule has 11 heteroatoms. The number of anilines is 1. The van der Waals surface area contributed by atoms with Crippen molar-refractivity contribution in [3.05, 3.63) is 63.1 Å². The third-order valence-corrected chi connectivity index (χ3v) is 3.47. The van der Waals surface area contributed by atoms with Crippen LogP contribution in [0.2, 0.25) is 0 Å². The first-order chi connectivity index (χ1) is 12.6. The van der Waals surface area contributed by atoms with E-state index >= 15 is 0 Å². The van der Waals surface area contributed by atoms with Gasteiger partial charge in [-0.2, -0.15) is 4.98 Å². The van der Waals surface area contributed by atoms with E-state index in [0.717, 1.165) is 0 Å². The predicted molar refractivity (Wildman–Crippen MR) is 90.6 cm³/mol. The number of pyridine rings is 2. The Hall–Kier alpha value is -4.15. The predicted octanol–water partition coefficient (Wildman–Crippen LogP) is 0.0438. The summed E-state index contributed by atoms with van der Waals surface area (Å²) in [5.74, 6) is -0.116. The van der Waals surface area contributed by atoms with E-state index in [4.69, 9.17) is 0 Å². The molecule has 4 aromatic rings. The molecule has 26 heavy (non-hydrogen) atoms. The number of aromatic nitrogens is 7. The van der Waals surface area contributed by atoms with Crippen LogP contribution in [0, 0.1) is 0 Å². The van der Waals surface area contributed by atoms with E-state index in [1.165, 1.54) is 12.3 Å². The summed E-state index contributed by atoms with van der Waals surface area (Å²) in [6, 6.07) is 6.63. The normalized spacial score (nSPS) is 10.8. The molecule has 4 N–H and O–H groups in total. The number of H-pyrrole nitrogens is 3. The van der Waals surface area contributed by atoms with Gasteiger partial charge in [-0.25, -0.2) is 9.78 Å². The minimum atomic E-state index is -0.671. The minimum absolute atomic E-state index is 0.0473. The summed E-state index contributed by atoms with van der Waals surface area (Å²) >= 11 is 0. The number of carbonyl (C=O) groups excluding carboxylic acids is 1. The molecule has 11 nitrogen and oxygen atoms in total. The van der Waals surface area contributed by atoms with Crippen molar-refractivity contribution in [2.24, 2.45) is 0 Å². The van der Waals surface area contributed by atoms with Gasteiger partial charge in [0.1, 0.15) is 11.3 Å². The Balaban J connectivity index is 1.61. The maximum Gasteiger partial charge on any atom is 0.327 e. The number of fused-ring (bicyclic) bond motifs is 1. The number of hydrogen-bond acceptors (Lipinski definition) is 7. The lowest BCUT2D eigenvalue weighted by Gasteiger charge is -2.02. The second-order valence-corrected chi connectivity index (χ2v) is 5.21. The third kappa shape index (κ3) is 2.84. The van der Waals surface area contributed by atoms with Gasteiger partial charge in [-0.1, -0.05) is 6.07 Å². The van der Waals surface area contributed by atoms with E-state index in [0.29, 0.717) is 11.5 Å². The van der Waals surface area contributed by atoms with Gasteiger partial charge in [-0.15, -0.1) is 5.10 Å². The smallest absolute Gasteiger partial charge is 0.291 e. The van der Waals surface area contributed by atoms with Gasteiger partial charge in [0.15, 0.2) is 5.82 Å². The highest BCUT2D eigenvalue weighted by molar-refractivity contribution is 6.04. The molecule has 0 spiro atoms. The van der Waals surface area contributed by atoms with Crippen LogP contribution in [0.15, 0.2) is 46.2 Å². The second kappa shape index (κ2) is 6.05. The van der Waals surface area contributed by atoms with Crippen LogP contribution in [0.1, 0.15) is 10.4 Å². The zero-order chi connectivity index (χ0) is 18.1. The molecule has 4 rings (SSSR count). The van der Waals surface area contributed by atoms with Gasteiger partial charge in [-0.3, -0.25) is 35.0 Å². The highest BCUT2D eigenvalue weighted by atomic mass is 16.2. The highest BCUT2D eigenvalue weighted by Crippen LogP contribution is 2.13. The van der Waals surface area contributed by atoms with Crippen molar-refractivity contribution >= 4 is 22.9 Å². The Morgan fingerprint density at radius 2 is 2.00 bits per heavy atom. The van der Waals surface area contributed by atoms with Crippen LogP contribution in [0.4, 0.5) is 5.95 Å². The number of hydrogen-bond donors (Lipinski definition) is 4. The molecule has 0 unspecified atom stereocenters. The van der Waals surface area contributed by atoms with Crippen LogP contribution in [0.5, 0.6) is 0 Å². The van der Waals surface area contributed by atoms with Crippen molar-refractivity contribution in [2.75, 3.05) is 5.32 Å².